The number of anilines is 1. The second-order valence-corrected chi connectivity index (χ2v) is 7.21. The first-order valence-electron chi connectivity index (χ1n) is 9.59. The van der Waals surface area contributed by atoms with Crippen LogP contribution < -0.4 is 4.90 Å². The lowest BCUT2D eigenvalue weighted by Gasteiger charge is -2.35. The van der Waals surface area contributed by atoms with Crippen molar-refractivity contribution in [1.82, 2.24) is 24.4 Å². The molecule has 3 aromatic rings. The van der Waals surface area contributed by atoms with Crippen molar-refractivity contribution in [3.8, 4) is 5.82 Å². The van der Waals surface area contributed by atoms with Gasteiger partial charge >= 0.3 is 0 Å². The van der Waals surface area contributed by atoms with Gasteiger partial charge in [-0.15, -0.1) is 0 Å². The Morgan fingerprint density at radius 2 is 1.72 bits per heavy atom. The number of hydrogen-bond acceptors (Lipinski definition) is 5. The first-order chi connectivity index (χ1) is 13.9. The molecule has 0 saturated carbocycles. The van der Waals surface area contributed by atoms with Gasteiger partial charge < -0.3 is 9.80 Å². The van der Waals surface area contributed by atoms with E-state index in [4.69, 9.17) is 0 Å². The number of halogens is 1. The molecule has 1 aromatic carbocycles. The smallest absolute Gasteiger partial charge is 0.254 e. The Kier molecular flexibility index (Phi) is 5.00. The summed E-state index contributed by atoms with van der Waals surface area (Å²) < 4.78 is 15.4. The molecule has 29 heavy (non-hydrogen) atoms. The minimum atomic E-state index is -0.400. The summed E-state index contributed by atoms with van der Waals surface area (Å²) in [6.07, 6.45) is 1.77. The van der Waals surface area contributed by atoms with E-state index >= 15 is 0 Å². The lowest BCUT2D eigenvalue weighted by atomic mass is 10.1. The second kappa shape index (κ2) is 7.62. The SMILES string of the molecule is Cc1nc(N2CCN(C(=O)c3cccc(F)c3)CC2)cc(-n2cnc(C)c2C)n1. The summed E-state index contributed by atoms with van der Waals surface area (Å²) in [4.78, 5) is 30.0. The van der Waals surface area contributed by atoms with Crippen LogP contribution in [0.1, 0.15) is 27.6 Å². The van der Waals surface area contributed by atoms with Gasteiger partial charge in [-0.05, 0) is 39.0 Å². The highest BCUT2D eigenvalue weighted by Crippen LogP contribution is 2.20. The van der Waals surface area contributed by atoms with Crippen LogP contribution in [0.2, 0.25) is 0 Å². The van der Waals surface area contributed by atoms with Crippen LogP contribution in [-0.4, -0.2) is 56.5 Å². The Labute approximate surface area is 168 Å². The molecule has 0 atom stereocenters. The maximum Gasteiger partial charge on any atom is 0.254 e. The van der Waals surface area contributed by atoms with Crippen LogP contribution in [0.15, 0.2) is 36.7 Å². The van der Waals surface area contributed by atoms with E-state index in [1.54, 1.807) is 23.4 Å². The van der Waals surface area contributed by atoms with Crippen LogP contribution in [0.3, 0.4) is 0 Å². The van der Waals surface area contributed by atoms with E-state index in [0.29, 0.717) is 37.6 Å². The van der Waals surface area contributed by atoms with Gasteiger partial charge in [0.2, 0.25) is 0 Å². The Morgan fingerprint density at radius 3 is 2.38 bits per heavy atom. The zero-order chi connectivity index (χ0) is 20.5. The summed E-state index contributed by atoms with van der Waals surface area (Å²) in [6.45, 7) is 8.26. The number of aromatic nitrogens is 4. The Balaban J connectivity index is 1.50. The van der Waals surface area contributed by atoms with Gasteiger partial charge in [0.25, 0.3) is 5.91 Å². The molecule has 8 heteroatoms. The van der Waals surface area contributed by atoms with Gasteiger partial charge in [-0.1, -0.05) is 6.07 Å². The molecular weight excluding hydrogens is 371 g/mol. The number of rotatable bonds is 3. The van der Waals surface area contributed by atoms with Crippen LogP contribution >= 0.6 is 0 Å². The van der Waals surface area contributed by atoms with Crippen molar-refractivity contribution in [3.05, 3.63) is 65.3 Å². The van der Waals surface area contributed by atoms with E-state index in [-0.39, 0.29) is 5.91 Å². The fraction of sp³-hybridized carbons (Fsp3) is 0.333. The molecule has 0 bridgehead atoms. The average molecular weight is 394 g/mol. The highest BCUT2D eigenvalue weighted by Gasteiger charge is 2.24. The quantitative estimate of drug-likeness (QED) is 0.683. The van der Waals surface area contributed by atoms with Crippen LogP contribution in [0.5, 0.6) is 0 Å². The lowest BCUT2D eigenvalue weighted by Crippen LogP contribution is -2.49. The van der Waals surface area contributed by atoms with Gasteiger partial charge in [0, 0.05) is 43.5 Å². The summed E-state index contributed by atoms with van der Waals surface area (Å²) in [5.74, 6) is 1.75. The molecule has 4 rings (SSSR count). The third-order valence-corrected chi connectivity index (χ3v) is 5.27. The van der Waals surface area contributed by atoms with Gasteiger partial charge in [0.1, 0.15) is 29.6 Å². The highest BCUT2D eigenvalue weighted by molar-refractivity contribution is 5.94. The van der Waals surface area contributed by atoms with E-state index in [9.17, 15) is 9.18 Å². The largest absolute Gasteiger partial charge is 0.353 e. The molecule has 0 N–H and O–H groups in total. The van der Waals surface area contributed by atoms with Crippen molar-refractivity contribution in [2.45, 2.75) is 20.8 Å². The molecule has 1 aliphatic rings. The zero-order valence-electron chi connectivity index (χ0n) is 16.8. The minimum absolute atomic E-state index is 0.145. The third-order valence-electron chi connectivity index (χ3n) is 5.27. The molecule has 0 spiro atoms. The van der Waals surface area contributed by atoms with Crippen LogP contribution in [0, 0.1) is 26.6 Å². The standard InChI is InChI=1S/C21H23FN6O/c1-14-15(2)28(13-23-14)20-12-19(24-16(3)25-20)26-7-9-27(10-8-26)21(29)17-5-4-6-18(22)11-17/h4-6,11-13H,7-10H2,1-3H3. The summed E-state index contributed by atoms with van der Waals surface area (Å²) in [7, 11) is 0. The number of nitrogens with zero attached hydrogens (tertiary/aromatic N) is 6. The number of benzene rings is 1. The predicted molar refractivity (Wildman–Crippen MR) is 108 cm³/mol. The summed E-state index contributed by atoms with van der Waals surface area (Å²) in [5.41, 5.74) is 2.39. The van der Waals surface area contributed by atoms with Gasteiger partial charge in [0.15, 0.2) is 0 Å². The topological polar surface area (TPSA) is 67.2 Å². The molecule has 0 unspecified atom stereocenters. The molecule has 0 radical (unpaired) electrons. The predicted octanol–water partition coefficient (Wildman–Crippen LogP) is 2.69. The van der Waals surface area contributed by atoms with E-state index in [0.717, 1.165) is 23.0 Å². The Bertz CT molecular complexity index is 1060. The molecule has 2 aromatic heterocycles. The molecule has 1 saturated heterocycles. The van der Waals surface area contributed by atoms with Gasteiger partial charge in [0.05, 0.1) is 5.69 Å². The number of hydrogen-bond donors (Lipinski definition) is 0. The highest BCUT2D eigenvalue weighted by atomic mass is 19.1. The Morgan fingerprint density at radius 1 is 1.00 bits per heavy atom. The van der Waals surface area contributed by atoms with Crippen molar-refractivity contribution in [1.29, 1.82) is 0 Å². The van der Waals surface area contributed by atoms with E-state index in [2.05, 4.69) is 19.9 Å². The number of imidazole rings is 1. The second-order valence-electron chi connectivity index (χ2n) is 7.21. The lowest BCUT2D eigenvalue weighted by molar-refractivity contribution is 0.0746. The fourth-order valence-corrected chi connectivity index (χ4v) is 3.49. The first-order valence-corrected chi connectivity index (χ1v) is 9.59. The maximum atomic E-state index is 13.4. The summed E-state index contributed by atoms with van der Waals surface area (Å²) in [6, 6.07) is 7.78. The van der Waals surface area contributed by atoms with E-state index in [1.807, 2.05) is 31.4 Å². The van der Waals surface area contributed by atoms with Crippen LogP contribution in [-0.2, 0) is 0 Å². The number of carbonyl (C=O) groups excluding carboxylic acids is 1. The molecular formula is C21H23FN6O. The van der Waals surface area contributed by atoms with Gasteiger partial charge in [-0.25, -0.2) is 19.3 Å². The van der Waals surface area contributed by atoms with Crippen molar-refractivity contribution < 1.29 is 9.18 Å². The number of amides is 1. The third kappa shape index (κ3) is 3.83. The molecule has 0 aliphatic carbocycles. The van der Waals surface area contributed by atoms with Gasteiger partial charge in [-0.2, -0.15) is 0 Å². The molecule has 150 valence electrons. The molecule has 1 aliphatic heterocycles. The van der Waals surface area contributed by atoms with Crippen LogP contribution in [0.4, 0.5) is 10.2 Å². The first kappa shape index (κ1) is 19.0. The van der Waals surface area contributed by atoms with Crippen molar-refractivity contribution in [2.24, 2.45) is 0 Å². The molecule has 3 heterocycles. The number of carbonyl (C=O) groups is 1. The normalized spacial score (nSPS) is 14.3. The summed E-state index contributed by atoms with van der Waals surface area (Å²) in [5, 5.41) is 0. The minimum Gasteiger partial charge on any atom is -0.353 e. The molecule has 7 nitrogen and oxygen atoms in total. The molecule has 1 amide bonds. The fourth-order valence-electron chi connectivity index (χ4n) is 3.49. The Hall–Kier alpha value is -3.29. The van der Waals surface area contributed by atoms with Gasteiger partial charge in [-0.3, -0.25) is 9.36 Å². The van der Waals surface area contributed by atoms with Crippen LogP contribution in [0.25, 0.3) is 5.82 Å². The average Bonchev–Trinajstić information content (AvgIpc) is 3.06. The van der Waals surface area contributed by atoms with Crippen molar-refractivity contribution >= 4 is 11.7 Å². The monoisotopic (exact) mass is 394 g/mol. The number of piperazine rings is 1. The van der Waals surface area contributed by atoms with Crippen molar-refractivity contribution in [3.63, 3.8) is 0 Å². The zero-order valence-corrected chi connectivity index (χ0v) is 16.8. The summed E-state index contributed by atoms with van der Waals surface area (Å²) >= 11 is 0. The van der Waals surface area contributed by atoms with E-state index < -0.39 is 5.82 Å². The maximum absolute atomic E-state index is 13.4. The van der Waals surface area contributed by atoms with E-state index in [1.165, 1.54) is 12.1 Å². The molecule has 1 fully saturated rings. The van der Waals surface area contributed by atoms with Crippen molar-refractivity contribution in [2.75, 3.05) is 31.1 Å². The number of aryl methyl sites for hydroxylation is 2.